The van der Waals surface area contributed by atoms with Crippen molar-refractivity contribution in [2.75, 3.05) is 26.1 Å². The maximum Gasteiger partial charge on any atom is 1.00 e. The van der Waals surface area contributed by atoms with Gasteiger partial charge in [-0.3, -0.25) is 0 Å². The van der Waals surface area contributed by atoms with Gasteiger partial charge in [0.2, 0.25) is 9.23 Å². The van der Waals surface area contributed by atoms with Gasteiger partial charge in [-0.2, -0.15) is 5.26 Å². The number of nitrogens with two attached hydrogens (primary N) is 1. The van der Waals surface area contributed by atoms with E-state index in [2.05, 4.69) is 28.3 Å². The molecular weight excluding hydrogens is 840 g/mol. The van der Waals surface area contributed by atoms with Crippen molar-refractivity contribution in [2.45, 2.75) is 259 Å². The Morgan fingerprint density at radius 3 is 0.603 bits per heavy atom. The fourth-order valence-corrected chi connectivity index (χ4v) is 0. The molecule has 0 radical (unpaired) electrons. The number of nitrogens with zero attached hydrogens (tertiary/aromatic N) is 2. The van der Waals surface area contributed by atoms with Crippen molar-refractivity contribution >= 4 is 54.8 Å². The summed E-state index contributed by atoms with van der Waals surface area (Å²) in [5.74, 6) is 0.722. The fraction of sp³-hybridized carbons (Fsp3) is 0.911. The monoisotopic (exact) mass is 970 g/mol. The Bertz CT molecular complexity index is 280. The van der Waals surface area contributed by atoms with E-state index in [-0.39, 0.29) is 110 Å². The Hall–Kier alpha value is 0.856. The Morgan fingerprint density at radius 2 is 0.603 bits per heavy atom. The summed E-state index contributed by atoms with van der Waals surface area (Å²) in [5, 5.41) is 28.4. The van der Waals surface area contributed by atoms with E-state index in [0.717, 1.165) is 38.5 Å². The smallest absolute Gasteiger partial charge is 0.512 e. The average Bonchev–Trinajstić information content (AvgIpc) is 3.23. The number of carbonyl (C=O) groups excluding carboxylic acids is 2. The molecule has 4 N–H and O–H groups in total. The summed E-state index contributed by atoms with van der Waals surface area (Å²) < 4.78 is 9.09. The first-order valence-electron chi connectivity index (χ1n) is 18.7. The molecule has 0 aromatic heterocycles. The zero-order valence-electron chi connectivity index (χ0n) is 40.8. The summed E-state index contributed by atoms with van der Waals surface area (Å²) >= 11 is 5.00. The third kappa shape index (κ3) is 21700. The number of aliphatic hydroxyl groups is 2. The maximum atomic E-state index is 9.09. The van der Waals surface area contributed by atoms with Crippen molar-refractivity contribution in [3.8, 4) is 6.07 Å². The summed E-state index contributed by atoms with van der Waals surface area (Å²) in [6.07, 6.45) is 3.22. The second kappa shape index (κ2) is 1330. The molecule has 8 nitrogen and oxygen atoms in total. The third-order valence-corrected chi connectivity index (χ3v) is 0.447. The molecular formula is C45H131Cl3KN3O5S. The van der Waals surface area contributed by atoms with E-state index < -0.39 is 9.23 Å². The van der Waals surface area contributed by atoms with E-state index in [4.69, 9.17) is 58.4 Å². The Labute approximate surface area is 439 Å². The summed E-state index contributed by atoms with van der Waals surface area (Å²) in [4.78, 5) is 17.6. The van der Waals surface area contributed by atoms with E-state index in [1.54, 1.807) is 6.92 Å². The molecule has 0 spiro atoms. The van der Waals surface area contributed by atoms with Gasteiger partial charge in [-0.1, -0.05) is 225 Å². The maximum absolute atomic E-state index is 9.09. The molecule has 0 fully saturated rings. The molecule has 0 bridgehead atoms. The number of halogens is 3. The number of alkyl halides is 1. The van der Waals surface area contributed by atoms with Crippen LogP contribution in [0.3, 0.4) is 0 Å². The van der Waals surface area contributed by atoms with Crippen LogP contribution >= 0.6 is 33.0 Å². The molecule has 0 aromatic carbocycles. The summed E-state index contributed by atoms with van der Waals surface area (Å²) in [5.41, 5.74) is 5.03. The van der Waals surface area contributed by atoms with Crippen molar-refractivity contribution in [1.82, 2.24) is 0 Å². The van der Waals surface area contributed by atoms with Gasteiger partial charge >= 0.3 is 51.4 Å². The van der Waals surface area contributed by atoms with Gasteiger partial charge in [0.1, 0.15) is 12.6 Å². The average molecular weight is 972 g/mol. The molecule has 0 aliphatic rings. The molecule has 0 atom stereocenters. The van der Waals surface area contributed by atoms with Crippen LogP contribution in [0.25, 0.3) is 0 Å². The van der Waals surface area contributed by atoms with E-state index in [1.807, 2.05) is 172 Å². The quantitative estimate of drug-likeness (QED) is 0.0768. The first kappa shape index (κ1) is 207. The third-order valence-electron chi connectivity index (χ3n) is 0.447. The first-order valence-corrected chi connectivity index (χ1v) is 22.0. The van der Waals surface area contributed by atoms with Crippen molar-refractivity contribution in [3.63, 3.8) is 0 Å². The number of rotatable bonds is 1. The number of aliphatic hydroxyl groups excluding tert-OH is 2. The second-order valence-corrected chi connectivity index (χ2v) is 5.60. The minimum atomic E-state index is -1.67. The fourth-order valence-electron chi connectivity index (χ4n) is 0. The molecule has 0 unspecified atom stereocenters. The molecule has 0 saturated heterocycles. The van der Waals surface area contributed by atoms with E-state index in [1.165, 1.54) is 13.8 Å². The van der Waals surface area contributed by atoms with Gasteiger partial charge < -0.3 is 37.4 Å². The molecule has 0 heterocycles. The van der Waals surface area contributed by atoms with Gasteiger partial charge in [0.15, 0.2) is 0 Å². The predicted molar refractivity (Wildman–Crippen MR) is 293 cm³/mol. The Balaban J connectivity index is -0.00000000628. The Morgan fingerprint density at radius 1 is 0.569 bits per heavy atom. The molecule has 0 saturated carbocycles. The molecule has 0 aliphatic heterocycles. The number of carbonyl (C=O) groups is 2. The van der Waals surface area contributed by atoms with Crippen molar-refractivity contribution < 1.29 is 75.4 Å². The van der Waals surface area contributed by atoms with Gasteiger partial charge in [0.25, 0.3) is 0 Å². The van der Waals surface area contributed by atoms with E-state index in [9.17, 15) is 0 Å². The zero-order chi connectivity index (χ0) is 47.2. The zero-order valence-corrected chi connectivity index (χ0v) is 47.0. The largest absolute Gasteiger partial charge is 1.00 e. The molecule has 58 heavy (non-hydrogen) atoms. The molecule has 0 aliphatic carbocycles. The summed E-state index contributed by atoms with van der Waals surface area (Å²) in [6, 6.07) is 1.93. The minimum absolute atomic E-state index is 0. The summed E-state index contributed by atoms with van der Waals surface area (Å²) in [7, 11) is 8.36. The van der Waals surface area contributed by atoms with Gasteiger partial charge in [-0.15, -0.1) is 11.6 Å². The van der Waals surface area contributed by atoms with Crippen LogP contribution in [0.5, 0.6) is 0 Å². The van der Waals surface area contributed by atoms with E-state index >= 15 is 0 Å². The van der Waals surface area contributed by atoms with Crippen LogP contribution in [-0.4, -0.2) is 53.1 Å². The van der Waals surface area contributed by atoms with Crippen molar-refractivity contribution in [1.29, 1.82) is 10.5 Å². The molecule has 0 amide bonds. The number of hydrogen-bond donors (Lipinski definition) is 3. The number of hydrogen-bond acceptors (Lipinski definition) is 8. The molecule has 0 rings (SSSR count). The van der Waals surface area contributed by atoms with Crippen molar-refractivity contribution in [2.24, 2.45) is 5.73 Å². The van der Waals surface area contributed by atoms with Crippen LogP contribution in [0.1, 0.15) is 259 Å². The Kier molecular flexibility index (Phi) is 4750. The number of nitriles is 1. The van der Waals surface area contributed by atoms with Gasteiger partial charge in [0.05, 0.1) is 6.07 Å². The second-order valence-electron chi connectivity index (χ2n) is 2.54. The van der Waals surface area contributed by atoms with Crippen molar-refractivity contribution in [3.05, 3.63) is 6.57 Å². The van der Waals surface area contributed by atoms with Gasteiger partial charge in [-0.25, -0.2) is 4.21 Å². The SMILES string of the molecule is C.C.C.C.C.C.C.CC.CC.CC.CC.CC.CC.CC.CC.CC.CC.CC.CC=O.CC=O.CCC#N.CCCN.CCCl.CCO.CO.O=S(Cl)Cl.[C-]#N.[K+]. The predicted octanol–water partition coefficient (Wildman–Crippen LogP) is 16.4. The minimum Gasteiger partial charge on any atom is -0.512 e. The normalized spacial score (nSPS) is 3.81. The van der Waals surface area contributed by atoms with Crippen LogP contribution < -0.4 is 57.1 Å². The standard InChI is InChI=1S/C3H9N.C3H5N.C2H5Cl.C2H6O.2C2H4O.11C2H6.CN.CH4O.7CH4.Cl2OS.K/c2*1-2-3-4;4*1-2-3;13*1-2;;;;;;;;1-4(2)3;/h2-4H2,1H3;2H2,1H3;2H2,1H3;3H,2H2,1H3;2*2H,1H3;11*1-2H3;;2H,1H3;7*1H4;;/q;;;;;;;;;;;;;;;;;-1;;;;;;;;;;+1. The molecule has 384 valence electrons. The summed E-state index contributed by atoms with van der Waals surface area (Å²) in [6.45, 7) is 60.2. The van der Waals surface area contributed by atoms with Gasteiger partial charge in [-0.05, 0) is 33.7 Å². The van der Waals surface area contributed by atoms with Crippen LogP contribution in [0.2, 0.25) is 0 Å². The van der Waals surface area contributed by atoms with E-state index in [0.29, 0.717) is 6.42 Å². The molecule has 0 aromatic rings. The van der Waals surface area contributed by atoms with Crippen LogP contribution in [-0.2, 0) is 18.8 Å². The van der Waals surface area contributed by atoms with Crippen LogP contribution in [0.15, 0.2) is 0 Å². The molecule has 13 heteroatoms. The van der Waals surface area contributed by atoms with Crippen LogP contribution in [0.4, 0.5) is 0 Å². The van der Waals surface area contributed by atoms with Gasteiger partial charge in [0, 0.05) is 47.4 Å². The first-order chi connectivity index (χ1) is 24.2. The van der Waals surface area contributed by atoms with Crippen LogP contribution in [0, 0.1) is 23.2 Å². The topological polar surface area (TPSA) is 165 Å². The number of aldehydes is 2.